The van der Waals surface area contributed by atoms with Gasteiger partial charge in [0.1, 0.15) is 8.24 Å². The first kappa shape index (κ1) is 21.3. The lowest BCUT2D eigenvalue weighted by Crippen LogP contribution is -2.56. The van der Waals surface area contributed by atoms with Crippen molar-refractivity contribution in [2.75, 3.05) is 45.9 Å². The van der Waals surface area contributed by atoms with Gasteiger partial charge in [0, 0.05) is 39.4 Å². The molecule has 1 aliphatic heterocycles. The topological polar surface area (TPSA) is 24.9 Å². The van der Waals surface area contributed by atoms with Crippen LogP contribution in [-0.2, 0) is 8.85 Å². The summed E-state index contributed by atoms with van der Waals surface area (Å²) in [5.74, 6) is 0. The summed E-state index contributed by atoms with van der Waals surface area (Å²) in [6.45, 7) is 19.8. The molecule has 1 heterocycles. The predicted octanol–water partition coefficient (Wildman–Crippen LogP) is 3.29. The van der Waals surface area contributed by atoms with Gasteiger partial charge in [0.15, 0.2) is 0 Å². The van der Waals surface area contributed by atoms with E-state index in [2.05, 4.69) is 43.0 Å². The third-order valence-electron chi connectivity index (χ3n) is 4.50. The van der Waals surface area contributed by atoms with Gasteiger partial charge < -0.3 is 18.3 Å². The molecule has 0 unspecified atom stereocenters. The van der Waals surface area contributed by atoms with E-state index in [9.17, 15) is 0 Å². The Labute approximate surface area is 147 Å². The van der Waals surface area contributed by atoms with Crippen molar-refractivity contribution in [1.82, 2.24) is 9.47 Å². The molecule has 0 aromatic heterocycles. The van der Waals surface area contributed by atoms with E-state index in [0.717, 1.165) is 26.1 Å². The quantitative estimate of drug-likeness (QED) is 0.394. The van der Waals surface area contributed by atoms with Crippen LogP contribution in [0.2, 0.25) is 25.7 Å². The van der Waals surface area contributed by atoms with Crippen molar-refractivity contribution in [2.45, 2.75) is 65.2 Å². The average Bonchev–Trinajstić information content (AvgIpc) is 2.53. The summed E-state index contributed by atoms with van der Waals surface area (Å²) in [7, 11) is -2.48. The molecule has 0 atom stereocenters. The Kier molecular flexibility index (Phi) is 10.9. The van der Waals surface area contributed by atoms with E-state index < -0.39 is 17.5 Å². The minimum absolute atomic E-state index is 0.874. The maximum absolute atomic E-state index is 5.94. The summed E-state index contributed by atoms with van der Waals surface area (Å²) in [6, 6.07) is 1.18. The van der Waals surface area contributed by atoms with Gasteiger partial charge in [0.25, 0.3) is 0 Å². The third-order valence-corrected chi connectivity index (χ3v) is 8.94. The molecule has 0 aromatic carbocycles. The van der Waals surface area contributed by atoms with Crippen molar-refractivity contribution >= 4 is 17.5 Å². The molecule has 1 rings (SSSR count). The maximum atomic E-state index is 5.94. The predicted molar refractivity (Wildman–Crippen MR) is 105 cm³/mol. The SMILES string of the molecule is CCCO[SiH](CCCCN1CCN([Si](C)(C)C)CC1)OCCC. The highest BCUT2D eigenvalue weighted by Crippen LogP contribution is 2.14. The normalized spacial score (nSPS) is 18.0. The minimum atomic E-state index is -1.40. The van der Waals surface area contributed by atoms with E-state index in [1.807, 2.05) is 0 Å². The fourth-order valence-corrected chi connectivity index (χ4v) is 6.59. The van der Waals surface area contributed by atoms with Gasteiger partial charge in [-0.2, -0.15) is 0 Å². The monoisotopic (exact) mass is 360 g/mol. The number of nitrogens with zero attached hydrogens (tertiary/aromatic N) is 2. The van der Waals surface area contributed by atoms with Crippen LogP contribution in [0.4, 0.5) is 0 Å². The van der Waals surface area contributed by atoms with E-state index in [4.69, 9.17) is 8.85 Å². The van der Waals surface area contributed by atoms with E-state index >= 15 is 0 Å². The number of rotatable bonds is 12. The van der Waals surface area contributed by atoms with Crippen molar-refractivity contribution in [3.05, 3.63) is 0 Å². The smallest absolute Gasteiger partial charge is 0.321 e. The molecule has 0 bridgehead atoms. The zero-order valence-electron chi connectivity index (χ0n) is 16.3. The average molecular weight is 361 g/mol. The van der Waals surface area contributed by atoms with Crippen LogP contribution in [0.3, 0.4) is 0 Å². The molecule has 4 nitrogen and oxygen atoms in total. The van der Waals surface area contributed by atoms with Gasteiger partial charge in [-0.1, -0.05) is 39.9 Å². The van der Waals surface area contributed by atoms with Crippen molar-refractivity contribution in [2.24, 2.45) is 0 Å². The molecule has 1 saturated heterocycles. The van der Waals surface area contributed by atoms with E-state index in [1.165, 1.54) is 51.6 Å². The van der Waals surface area contributed by atoms with Gasteiger partial charge in [0.05, 0.1) is 0 Å². The van der Waals surface area contributed by atoms with Gasteiger partial charge in [-0.25, -0.2) is 0 Å². The summed E-state index contributed by atoms with van der Waals surface area (Å²) in [4.78, 5) is 2.65. The zero-order valence-corrected chi connectivity index (χ0v) is 18.4. The zero-order chi connectivity index (χ0) is 17.1. The van der Waals surface area contributed by atoms with Crippen LogP contribution in [0.15, 0.2) is 0 Å². The molecule has 6 heteroatoms. The second-order valence-electron chi connectivity index (χ2n) is 7.67. The summed E-state index contributed by atoms with van der Waals surface area (Å²) in [6.07, 6.45) is 4.75. The second kappa shape index (κ2) is 11.8. The molecule has 0 radical (unpaired) electrons. The highest BCUT2D eigenvalue weighted by Gasteiger charge is 2.27. The van der Waals surface area contributed by atoms with Crippen LogP contribution < -0.4 is 0 Å². The molecular formula is C17H40N2O2Si2. The molecule has 0 saturated carbocycles. The van der Waals surface area contributed by atoms with Crippen molar-refractivity contribution < 1.29 is 8.85 Å². The summed E-state index contributed by atoms with van der Waals surface area (Å²) >= 11 is 0. The number of unbranched alkanes of at least 4 members (excludes halogenated alkanes) is 1. The van der Waals surface area contributed by atoms with Crippen LogP contribution in [0.1, 0.15) is 39.5 Å². The highest BCUT2D eigenvalue weighted by atomic mass is 28.3. The lowest BCUT2D eigenvalue weighted by molar-refractivity contribution is 0.178. The first-order chi connectivity index (χ1) is 11.0. The fourth-order valence-electron chi connectivity index (χ4n) is 3.00. The Morgan fingerprint density at radius 1 is 0.870 bits per heavy atom. The van der Waals surface area contributed by atoms with Crippen molar-refractivity contribution in [3.8, 4) is 0 Å². The van der Waals surface area contributed by atoms with Crippen LogP contribution in [0.25, 0.3) is 0 Å². The highest BCUT2D eigenvalue weighted by molar-refractivity contribution is 6.73. The lowest BCUT2D eigenvalue weighted by atomic mass is 10.3. The van der Waals surface area contributed by atoms with Gasteiger partial charge in [-0.05, 0) is 31.9 Å². The van der Waals surface area contributed by atoms with Gasteiger partial charge in [-0.3, -0.25) is 0 Å². The standard InChI is InChI=1S/C17H40N2O2Si2/c1-6-15-20-22(21-16-7-2)17-9-8-10-18-11-13-19(14-12-18)23(3,4)5/h22H,6-17H2,1-5H3. The van der Waals surface area contributed by atoms with E-state index in [-0.39, 0.29) is 0 Å². The summed E-state index contributed by atoms with van der Waals surface area (Å²) in [5, 5.41) is 0. The number of hydrogen-bond donors (Lipinski definition) is 0. The van der Waals surface area contributed by atoms with Crippen molar-refractivity contribution in [3.63, 3.8) is 0 Å². The Hall–Kier alpha value is 0.274. The van der Waals surface area contributed by atoms with Gasteiger partial charge in [0.2, 0.25) is 0 Å². The molecule has 23 heavy (non-hydrogen) atoms. The lowest BCUT2D eigenvalue weighted by Gasteiger charge is -2.41. The number of piperazine rings is 1. The van der Waals surface area contributed by atoms with Crippen molar-refractivity contribution in [1.29, 1.82) is 0 Å². The fraction of sp³-hybridized carbons (Fsp3) is 1.00. The molecular weight excluding hydrogens is 320 g/mol. The Morgan fingerprint density at radius 3 is 1.91 bits per heavy atom. The van der Waals surface area contributed by atoms with Gasteiger partial charge >= 0.3 is 9.28 Å². The molecule has 0 N–H and O–H groups in total. The molecule has 1 aliphatic rings. The van der Waals surface area contributed by atoms with Crippen LogP contribution in [0, 0.1) is 0 Å². The molecule has 0 amide bonds. The number of hydrogen-bond acceptors (Lipinski definition) is 4. The second-order valence-corrected chi connectivity index (χ2v) is 14.7. The first-order valence-corrected chi connectivity index (χ1v) is 14.9. The minimum Gasteiger partial charge on any atom is -0.397 e. The third kappa shape index (κ3) is 9.36. The molecule has 0 aromatic rings. The first-order valence-electron chi connectivity index (χ1n) is 9.68. The summed E-state index contributed by atoms with van der Waals surface area (Å²) < 4.78 is 14.6. The van der Waals surface area contributed by atoms with E-state index in [0.29, 0.717) is 0 Å². The summed E-state index contributed by atoms with van der Waals surface area (Å²) in [5.41, 5.74) is 0. The van der Waals surface area contributed by atoms with Gasteiger partial charge in [-0.15, -0.1) is 0 Å². The molecule has 138 valence electrons. The molecule has 1 fully saturated rings. The Morgan fingerprint density at radius 2 is 1.43 bits per heavy atom. The Bertz CT molecular complexity index is 285. The van der Waals surface area contributed by atoms with E-state index in [1.54, 1.807) is 0 Å². The van der Waals surface area contributed by atoms with Crippen LogP contribution in [0.5, 0.6) is 0 Å². The van der Waals surface area contributed by atoms with Crippen LogP contribution in [-0.4, -0.2) is 72.9 Å². The molecule has 0 aliphatic carbocycles. The maximum Gasteiger partial charge on any atom is 0.321 e. The largest absolute Gasteiger partial charge is 0.397 e. The molecule has 0 spiro atoms. The van der Waals surface area contributed by atoms with Crippen LogP contribution >= 0.6 is 0 Å². The Balaban J connectivity index is 2.13.